The molecule has 4 atom stereocenters. The van der Waals surface area contributed by atoms with Crippen LogP contribution in [0.25, 0.3) is 0 Å². The highest BCUT2D eigenvalue weighted by molar-refractivity contribution is 7.92. The molecule has 3 fully saturated rings. The summed E-state index contributed by atoms with van der Waals surface area (Å²) in [5.74, 6) is -6.39. The third-order valence-corrected chi connectivity index (χ3v) is 10.5. The zero-order valence-electron chi connectivity index (χ0n) is 20.4. The van der Waals surface area contributed by atoms with Crippen LogP contribution < -0.4 is 5.32 Å². The number of benzene rings is 2. The van der Waals surface area contributed by atoms with Gasteiger partial charge < -0.3 is 14.8 Å². The van der Waals surface area contributed by atoms with E-state index in [0.29, 0.717) is 25.0 Å². The van der Waals surface area contributed by atoms with Gasteiger partial charge in [0, 0.05) is 23.4 Å². The van der Waals surface area contributed by atoms with E-state index in [9.17, 15) is 36.0 Å². The maximum atomic E-state index is 13.9. The lowest BCUT2D eigenvalue weighted by molar-refractivity contribution is 0.00432. The van der Waals surface area contributed by atoms with Crippen molar-refractivity contribution in [3.05, 3.63) is 58.4 Å². The van der Waals surface area contributed by atoms with E-state index in [1.807, 2.05) is 0 Å². The first-order chi connectivity index (χ1) is 18.3. The Morgan fingerprint density at radius 2 is 1.72 bits per heavy atom. The predicted molar refractivity (Wildman–Crippen MR) is 130 cm³/mol. The first kappa shape index (κ1) is 27.3. The van der Waals surface area contributed by atoms with Crippen molar-refractivity contribution in [2.75, 3.05) is 19.0 Å². The fourth-order valence-electron chi connectivity index (χ4n) is 6.05. The number of methoxy groups -OCH3 is 1. The van der Waals surface area contributed by atoms with Crippen LogP contribution in [-0.4, -0.2) is 55.9 Å². The summed E-state index contributed by atoms with van der Waals surface area (Å²) in [5.41, 5.74) is -1.53. The van der Waals surface area contributed by atoms with Crippen LogP contribution in [0, 0.1) is 29.3 Å². The number of sulfone groups is 1. The number of carbonyl (C=O) groups is 3. The van der Waals surface area contributed by atoms with Gasteiger partial charge in [-0.1, -0.05) is 11.6 Å². The van der Waals surface area contributed by atoms with E-state index in [1.165, 1.54) is 12.1 Å². The Hall–Kier alpha value is -3.32. The Bertz CT molecular complexity index is 1470. The van der Waals surface area contributed by atoms with Crippen LogP contribution in [0.2, 0.25) is 5.02 Å². The van der Waals surface area contributed by atoms with Gasteiger partial charge in [0.1, 0.15) is 5.60 Å². The molecule has 2 aromatic carbocycles. The zero-order valence-corrected chi connectivity index (χ0v) is 22.0. The smallest absolute Gasteiger partial charge is 0.420 e. The number of nitrogens with zero attached hydrogens (tertiary/aromatic N) is 1. The number of ether oxygens (including phenoxy) is 2. The second kappa shape index (κ2) is 9.70. The fraction of sp³-hybridized carbons (Fsp3) is 0.400. The van der Waals surface area contributed by atoms with E-state index in [1.54, 1.807) is 0 Å². The number of hydrogen-bond donors (Lipinski definition) is 1. The molecule has 2 aliphatic carbocycles. The van der Waals surface area contributed by atoms with Gasteiger partial charge in [-0.2, -0.15) is 0 Å². The van der Waals surface area contributed by atoms with Crippen LogP contribution in [0.3, 0.4) is 0 Å². The standard InChI is InChI=1S/C25H22ClF3N2O7S/c1-37-23(33)31-11-25(38-24(31)34)9-13-2-3-14(10-25)21(13)39(35,36)19-6-12(4-5-16(19)26)22(32)30-15-7-17(27)20(29)18(28)8-15/h4-8,13-14,21H,2-3,9-11H2,1H3,(H,30,32)/t13-,14?,21?,25?/m1/s1. The minimum atomic E-state index is -4.10. The molecule has 2 aromatic rings. The summed E-state index contributed by atoms with van der Waals surface area (Å²) in [7, 11) is -2.96. The molecule has 5 rings (SSSR count). The number of rotatable bonds is 4. The molecule has 2 bridgehead atoms. The maximum Gasteiger partial charge on any atom is 0.420 e. The highest BCUT2D eigenvalue weighted by Gasteiger charge is 2.60. The normalized spacial score (nSPS) is 26.0. The predicted octanol–water partition coefficient (Wildman–Crippen LogP) is 4.93. The number of fused-ring (bicyclic) bond motifs is 2. The summed E-state index contributed by atoms with van der Waals surface area (Å²) < 4.78 is 78.3. The molecule has 0 radical (unpaired) electrons. The molecule has 9 nitrogen and oxygen atoms in total. The van der Waals surface area contributed by atoms with Crippen LogP contribution in [0.5, 0.6) is 0 Å². The van der Waals surface area contributed by atoms with Gasteiger partial charge in [0.25, 0.3) is 5.91 Å². The quantitative estimate of drug-likeness (QED) is 0.505. The van der Waals surface area contributed by atoms with Crippen molar-refractivity contribution in [3.8, 4) is 0 Å². The molecule has 3 unspecified atom stereocenters. The van der Waals surface area contributed by atoms with E-state index >= 15 is 0 Å². The van der Waals surface area contributed by atoms with Crippen molar-refractivity contribution in [2.45, 2.75) is 41.4 Å². The molecule has 3 aliphatic rings. The maximum absolute atomic E-state index is 13.9. The van der Waals surface area contributed by atoms with Crippen molar-refractivity contribution in [1.29, 1.82) is 0 Å². The van der Waals surface area contributed by atoms with Crippen molar-refractivity contribution in [1.82, 2.24) is 4.90 Å². The molecule has 1 N–H and O–H groups in total. The van der Waals surface area contributed by atoms with Crippen LogP contribution >= 0.6 is 11.6 Å². The molecule has 1 aliphatic heterocycles. The van der Waals surface area contributed by atoms with E-state index in [-0.39, 0.29) is 40.6 Å². The second-order valence-corrected chi connectivity index (χ2v) is 12.5. The molecule has 2 saturated carbocycles. The van der Waals surface area contributed by atoms with Gasteiger partial charge in [0.2, 0.25) is 0 Å². The molecule has 0 aromatic heterocycles. The highest BCUT2D eigenvalue weighted by atomic mass is 35.5. The average molecular weight is 587 g/mol. The van der Waals surface area contributed by atoms with Gasteiger partial charge in [0.15, 0.2) is 27.3 Å². The number of imide groups is 1. The van der Waals surface area contributed by atoms with Crippen LogP contribution in [-0.2, 0) is 19.3 Å². The number of nitrogens with one attached hydrogen (secondary N) is 1. The first-order valence-corrected chi connectivity index (χ1v) is 13.9. The minimum Gasteiger partial charge on any atom is -0.452 e. The average Bonchev–Trinajstić information content (AvgIpc) is 3.35. The Morgan fingerprint density at radius 3 is 2.31 bits per heavy atom. The van der Waals surface area contributed by atoms with Gasteiger partial charge in [-0.05, 0) is 55.7 Å². The summed E-state index contributed by atoms with van der Waals surface area (Å²) in [6.45, 7) is -0.0424. The van der Waals surface area contributed by atoms with Crippen molar-refractivity contribution >= 4 is 45.2 Å². The second-order valence-electron chi connectivity index (χ2n) is 9.98. The third-order valence-electron chi connectivity index (χ3n) is 7.57. The third kappa shape index (κ3) is 4.71. The molecule has 14 heteroatoms. The van der Waals surface area contributed by atoms with Crippen molar-refractivity contribution in [2.24, 2.45) is 11.8 Å². The molecule has 1 spiro atoms. The number of hydrogen-bond acceptors (Lipinski definition) is 7. The number of carbonyl (C=O) groups excluding carboxylic acids is 3. The molecular weight excluding hydrogens is 565 g/mol. The topological polar surface area (TPSA) is 119 Å². The number of halogens is 4. The van der Waals surface area contributed by atoms with Crippen molar-refractivity contribution in [3.63, 3.8) is 0 Å². The van der Waals surface area contributed by atoms with Gasteiger partial charge in [-0.3, -0.25) is 4.79 Å². The highest BCUT2D eigenvalue weighted by Crippen LogP contribution is 2.54. The summed E-state index contributed by atoms with van der Waals surface area (Å²) in [4.78, 5) is 37.5. The minimum absolute atomic E-state index is 0.0424. The Labute approximate surface area is 226 Å². The van der Waals surface area contributed by atoms with Gasteiger partial charge in [-0.15, -0.1) is 0 Å². The van der Waals surface area contributed by atoms with Crippen molar-refractivity contribution < 1.29 is 45.4 Å². The van der Waals surface area contributed by atoms with Crippen LogP contribution in [0.15, 0.2) is 35.2 Å². The number of amides is 3. The van der Waals surface area contributed by atoms with Crippen LogP contribution in [0.4, 0.5) is 28.4 Å². The Morgan fingerprint density at radius 1 is 1.10 bits per heavy atom. The summed E-state index contributed by atoms with van der Waals surface area (Å²) in [5, 5.41) is 1.23. The van der Waals surface area contributed by atoms with E-state index in [4.69, 9.17) is 16.3 Å². The lowest BCUT2D eigenvalue weighted by Crippen LogP contribution is -2.48. The van der Waals surface area contributed by atoms with Gasteiger partial charge in [-0.25, -0.2) is 36.1 Å². The summed E-state index contributed by atoms with van der Waals surface area (Å²) in [6, 6.07) is 4.75. The lowest BCUT2D eigenvalue weighted by atomic mass is 9.77. The number of anilines is 1. The Balaban J connectivity index is 1.39. The molecular formula is C25H22ClF3N2O7S. The zero-order chi connectivity index (χ0) is 28.3. The van der Waals surface area contributed by atoms with E-state index in [2.05, 4.69) is 10.1 Å². The molecule has 1 heterocycles. The monoisotopic (exact) mass is 586 g/mol. The molecule has 208 valence electrons. The molecule has 3 amide bonds. The van der Waals surface area contributed by atoms with E-state index in [0.717, 1.165) is 18.1 Å². The molecule has 39 heavy (non-hydrogen) atoms. The lowest BCUT2D eigenvalue weighted by Gasteiger charge is -2.40. The summed E-state index contributed by atoms with van der Waals surface area (Å²) >= 11 is 6.27. The molecule has 1 saturated heterocycles. The largest absolute Gasteiger partial charge is 0.452 e. The first-order valence-electron chi connectivity index (χ1n) is 11.9. The van der Waals surface area contributed by atoms with Gasteiger partial charge in [0.05, 0.1) is 28.8 Å². The fourth-order valence-corrected chi connectivity index (χ4v) is 8.89. The van der Waals surface area contributed by atoms with Gasteiger partial charge >= 0.3 is 12.2 Å². The van der Waals surface area contributed by atoms with E-state index < -0.39 is 68.1 Å². The Kier molecular flexibility index (Phi) is 6.78. The summed E-state index contributed by atoms with van der Waals surface area (Å²) in [6.07, 6.45) is -0.174. The van der Waals surface area contributed by atoms with Crippen LogP contribution in [0.1, 0.15) is 36.0 Å². The SMILES string of the molecule is COC(=O)N1CC2(CC3CC[C@H](C2)C3S(=O)(=O)c2cc(C(=O)Nc3cc(F)c(F)c(F)c3)ccc2Cl)OC1=O.